The van der Waals surface area contributed by atoms with Crippen LogP contribution in [0.25, 0.3) is 0 Å². The van der Waals surface area contributed by atoms with Crippen LogP contribution in [0.15, 0.2) is 24.3 Å². The van der Waals surface area contributed by atoms with Crippen molar-refractivity contribution in [1.82, 2.24) is 0 Å². The molecule has 1 aliphatic rings. The van der Waals surface area contributed by atoms with Gasteiger partial charge in [-0.25, -0.2) is 0 Å². The van der Waals surface area contributed by atoms with E-state index in [0.29, 0.717) is 0 Å². The highest BCUT2D eigenvalue weighted by molar-refractivity contribution is 6.24. The van der Waals surface area contributed by atoms with Crippen LogP contribution in [0, 0.1) is 5.41 Å². The Kier molecular flexibility index (Phi) is 5.07. The molecule has 1 atom stereocenters. The van der Waals surface area contributed by atoms with Gasteiger partial charge in [-0.15, -0.1) is 24.8 Å². The average molecular weight is 379 g/mol. The molecule has 1 unspecified atom stereocenters. The van der Waals surface area contributed by atoms with Crippen LogP contribution in [0.1, 0.15) is 20.3 Å². The van der Waals surface area contributed by atoms with Crippen molar-refractivity contribution in [3.8, 4) is 5.75 Å². The number of carbonyl (C=O) groups excluding carboxylic acids is 2. The fraction of sp³-hybridized carbons (Fsp3) is 0.500. The molecule has 2 rings (SSSR count). The third kappa shape index (κ3) is 3.90. The summed E-state index contributed by atoms with van der Waals surface area (Å²) in [6.07, 6.45) is -4.79. The summed E-state index contributed by atoms with van der Waals surface area (Å²) >= 11 is 5.79. The van der Waals surface area contributed by atoms with E-state index in [4.69, 9.17) is 17.3 Å². The lowest BCUT2D eigenvalue weighted by Crippen LogP contribution is -2.59. The number of anilines is 1. The van der Waals surface area contributed by atoms with Crippen LogP contribution in [-0.4, -0.2) is 36.0 Å². The van der Waals surface area contributed by atoms with Crippen molar-refractivity contribution >= 4 is 29.0 Å². The van der Waals surface area contributed by atoms with E-state index in [-0.39, 0.29) is 24.5 Å². The number of rotatable bonds is 5. The van der Waals surface area contributed by atoms with Crippen LogP contribution in [0.2, 0.25) is 0 Å². The lowest BCUT2D eigenvalue weighted by atomic mass is 9.77. The van der Waals surface area contributed by atoms with E-state index in [1.54, 1.807) is 13.8 Å². The molecule has 5 nitrogen and oxygen atoms in total. The molecule has 0 aromatic heterocycles. The summed E-state index contributed by atoms with van der Waals surface area (Å²) in [5.74, 6) is -1.63. The molecule has 9 heteroatoms. The van der Waals surface area contributed by atoms with E-state index in [1.807, 2.05) is 0 Å². The molecule has 0 radical (unpaired) electrons. The van der Waals surface area contributed by atoms with Crippen LogP contribution < -0.4 is 15.4 Å². The number of benzene rings is 1. The molecule has 1 aromatic carbocycles. The Bertz CT molecular complexity index is 693. The molecule has 0 aliphatic carbocycles. The Morgan fingerprint density at radius 3 is 2.60 bits per heavy atom. The number of hydrogen-bond donors (Lipinski definition) is 1. The van der Waals surface area contributed by atoms with Gasteiger partial charge >= 0.3 is 6.36 Å². The molecule has 0 spiro atoms. The zero-order valence-corrected chi connectivity index (χ0v) is 14.4. The second-order valence-electron chi connectivity index (χ2n) is 6.57. The number of nitrogens with zero attached hydrogens (tertiary/aromatic N) is 1. The maximum atomic E-state index is 12.7. The standard InChI is InChI=1S/C16H18ClF3N2O3/c1-14(2,9-17)12(23)15(21)6-7-22(13(15)24)10-4-3-5-11(8-10)25-16(18,19)20/h3-5,8H,6-7,9,21H2,1-2H3. The molecule has 1 fully saturated rings. The van der Waals surface area contributed by atoms with Gasteiger partial charge in [0, 0.05) is 29.6 Å². The number of alkyl halides is 4. The number of hydrogen-bond acceptors (Lipinski definition) is 4. The van der Waals surface area contributed by atoms with Crippen LogP contribution in [0.5, 0.6) is 5.75 Å². The first-order valence-electron chi connectivity index (χ1n) is 7.48. The molecule has 25 heavy (non-hydrogen) atoms. The molecule has 0 bridgehead atoms. The third-order valence-electron chi connectivity index (χ3n) is 4.07. The van der Waals surface area contributed by atoms with E-state index in [2.05, 4.69) is 4.74 Å². The van der Waals surface area contributed by atoms with Crippen molar-refractivity contribution in [3.63, 3.8) is 0 Å². The predicted octanol–water partition coefficient (Wildman–Crippen LogP) is 2.85. The minimum absolute atomic E-state index is 0.00697. The quantitative estimate of drug-likeness (QED) is 0.631. The van der Waals surface area contributed by atoms with Crippen molar-refractivity contribution in [1.29, 1.82) is 0 Å². The van der Waals surface area contributed by atoms with E-state index in [9.17, 15) is 22.8 Å². The molecule has 138 valence electrons. The highest BCUT2D eigenvalue weighted by Gasteiger charge is 2.53. The minimum Gasteiger partial charge on any atom is -0.406 e. The second-order valence-corrected chi connectivity index (χ2v) is 6.84. The van der Waals surface area contributed by atoms with Gasteiger partial charge in [0.1, 0.15) is 5.75 Å². The van der Waals surface area contributed by atoms with E-state index in [1.165, 1.54) is 17.0 Å². The molecule has 0 saturated carbocycles. The number of ether oxygens (including phenoxy) is 1. The van der Waals surface area contributed by atoms with Gasteiger partial charge in [0.2, 0.25) is 0 Å². The fourth-order valence-electron chi connectivity index (χ4n) is 2.71. The van der Waals surface area contributed by atoms with Crippen molar-refractivity contribution < 1.29 is 27.5 Å². The molecule has 1 aliphatic heterocycles. The van der Waals surface area contributed by atoms with Gasteiger partial charge < -0.3 is 15.4 Å². The summed E-state index contributed by atoms with van der Waals surface area (Å²) in [5.41, 5.74) is 3.49. The van der Waals surface area contributed by atoms with Gasteiger partial charge in [0.05, 0.1) is 0 Å². The smallest absolute Gasteiger partial charge is 0.406 e. The Labute approximate surface area is 147 Å². The lowest BCUT2D eigenvalue weighted by molar-refractivity contribution is -0.274. The summed E-state index contributed by atoms with van der Waals surface area (Å²) in [6, 6.07) is 4.97. The number of carbonyl (C=O) groups is 2. The van der Waals surface area contributed by atoms with Gasteiger partial charge in [-0.3, -0.25) is 9.59 Å². The highest BCUT2D eigenvalue weighted by atomic mass is 35.5. The van der Waals surface area contributed by atoms with Crippen molar-refractivity contribution in [3.05, 3.63) is 24.3 Å². The van der Waals surface area contributed by atoms with Crippen LogP contribution >= 0.6 is 11.6 Å². The fourth-order valence-corrected chi connectivity index (χ4v) is 2.83. The first-order valence-corrected chi connectivity index (χ1v) is 8.02. The number of amides is 1. The zero-order chi connectivity index (χ0) is 19.0. The number of nitrogens with two attached hydrogens (primary N) is 1. The Morgan fingerprint density at radius 2 is 2.04 bits per heavy atom. The number of ketones is 1. The Hall–Kier alpha value is -1.80. The monoisotopic (exact) mass is 378 g/mol. The molecule has 2 N–H and O–H groups in total. The van der Waals surface area contributed by atoms with Gasteiger partial charge in [0.15, 0.2) is 11.3 Å². The molecule has 1 amide bonds. The lowest BCUT2D eigenvalue weighted by Gasteiger charge is -2.30. The maximum absolute atomic E-state index is 12.7. The van der Waals surface area contributed by atoms with Gasteiger partial charge in [-0.1, -0.05) is 19.9 Å². The highest BCUT2D eigenvalue weighted by Crippen LogP contribution is 2.35. The largest absolute Gasteiger partial charge is 0.573 e. The average Bonchev–Trinajstić information content (AvgIpc) is 2.82. The number of Topliss-reactive ketones (excluding diaryl/α,β-unsaturated/α-hetero) is 1. The number of halogens is 4. The Balaban J connectivity index is 2.28. The summed E-state index contributed by atoms with van der Waals surface area (Å²) in [5, 5.41) is 0. The molecule has 1 saturated heterocycles. The first-order chi connectivity index (χ1) is 11.4. The van der Waals surface area contributed by atoms with E-state index >= 15 is 0 Å². The summed E-state index contributed by atoms with van der Waals surface area (Å²) < 4.78 is 40.9. The molecular weight excluding hydrogens is 361 g/mol. The van der Waals surface area contributed by atoms with Crippen LogP contribution in [-0.2, 0) is 9.59 Å². The van der Waals surface area contributed by atoms with Gasteiger partial charge in [-0.05, 0) is 18.6 Å². The van der Waals surface area contributed by atoms with Crippen molar-refractivity contribution in [2.75, 3.05) is 17.3 Å². The summed E-state index contributed by atoms with van der Waals surface area (Å²) in [4.78, 5) is 26.5. The molecular formula is C16H18ClF3N2O3. The maximum Gasteiger partial charge on any atom is 0.573 e. The van der Waals surface area contributed by atoms with Crippen molar-refractivity contribution in [2.24, 2.45) is 11.1 Å². The normalized spacial score (nSPS) is 21.6. The third-order valence-corrected chi connectivity index (χ3v) is 4.74. The van der Waals surface area contributed by atoms with E-state index < -0.39 is 34.8 Å². The van der Waals surface area contributed by atoms with Crippen LogP contribution in [0.3, 0.4) is 0 Å². The Morgan fingerprint density at radius 1 is 1.40 bits per heavy atom. The topological polar surface area (TPSA) is 72.6 Å². The summed E-state index contributed by atoms with van der Waals surface area (Å²) in [6.45, 7) is 3.28. The summed E-state index contributed by atoms with van der Waals surface area (Å²) in [7, 11) is 0. The van der Waals surface area contributed by atoms with Gasteiger partial charge in [-0.2, -0.15) is 0 Å². The second kappa shape index (κ2) is 6.49. The first kappa shape index (κ1) is 19.5. The van der Waals surface area contributed by atoms with Crippen molar-refractivity contribution in [2.45, 2.75) is 32.2 Å². The SMILES string of the molecule is CC(C)(CCl)C(=O)C1(N)CCN(c2cccc(OC(F)(F)F)c2)C1=O. The molecule has 1 heterocycles. The minimum atomic E-state index is -4.84. The molecule has 1 aromatic rings. The van der Waals surface area contributed by atoms with Crippen LogP contribution in [0.4, 0.5) is 18.9 Å². The van der Waals surface area contributed by atoms with Gasteiger partial charge in [0.25, 0.3) is 5.91 Å². The predicted molar refractivity (Wildman–Crippen MR) is 86.5 cm³/mol. The van der Waals surface area contributed by atoms with E-state index in [0.717, 1.165) is 12.1 Å². The zero-order valence-electron chi connectivity index (χ0n) is 13.7.